The molecule has 0 saturated carbocycles. The molecule has 2 N–H and O–H groups in total. The first-order valence-corrected chi connectivity index (χ1v) is 10.1. The summed E-state index contributed by atoms with van der Waals surface area (Å²) >= 11 is 0. The van der Waals surface area contributed by atoms with Gasteiger partial charge in [0.2, 0.25) is 0 Å². The van der Waals surface area contributed by atoms with Crippen molar-refractivity contribution in [1.82, 2.24) is 20.5 Å². The number of aromatic nitrogens is 3. The highest BCUT2D eigenvalue weighted by molar-refractivity contribution is 7.92. The lowest BCUT2D eigenvalue weighted by Crippen LogP contribution is -2.23. The average Bonchev–Trinajstić information content (AvgIpc) is 3.37. The van der Waals surface area contributed by atoms with Crippen LogP contribution in [0.1, 0.15) is 22.3 Å². The van der Waals surface area contributed by atoms with E-state index in [4.69, 9.17) is 4.74 Å². The van der Waals surface area contributed by atoms with E-state index >= 15 is 0 Å². The van der Waals surface area contributed by atoms with Crippen LogP contribution >= 0.6 is 0 Å². The molecule has 0 bridgehead atoms. The van der Waals surface area contributed by atoms with Crippen molar-refractivity contribution in [3.05, 3.63) is 53.9 Å². The van der Waals surface area contributed by atoms with E-state index in [-0.39, 0.29) is 24.0 Å². The lowest BCUT2D eigenvalue weighted by Gasteiger charge is -2.11. The Labute approximate surface area is 155 Å². The van der Waals surface area contributed by atoms with E-state index in [9.17, 15) is 13.2 Å². The van der Waals surface area contributed by atoms with Gasteiger partial charge >= 0.3 is 0 Å². The van der Waals surface area contributed by atoms with Gasteiger partial charge < -0.3 is 10.1 Å². The number of hydrogen-bond acceptors (Lipinski definition) is 6. The number of rotatable bonds is 5. The standard InChI is InChI=1S/C18H18N4O4S/c23-18(14-7-13-10-21-22-17(13)19-9-14)20-8-12-1-3-15(4-2-12)27(24,25)16-5-6-26-11-16/h1-4,7,9-10,16H,5-6,8,11H2,(H,20,23)(H,19,21,22). The summed E-state index contributed by atoms with van der Waals surface area (Å²) < 4.78 is 30.2. The van der Waals surface area contributed by atoms with Crippen molar-refractivity contribution in [2.75, 3.05) is 13.2 Å². The minimum Gasteiger partial charge on any atom is -0.380 e. The third kappa shape index (κ3) is 3.56. The second kappa shape index (κ2) is 7.09. The lowest BCUT2D eigenvalue weighted by atomic mass is 10.2. The first kappa shape index (κ1) is 17.6. The molecule has 3 heterocycles. The molecule has 1 aromatic carbocycles. The minimum absolute atomic E-state index is 0.245. The molecule has 1 amide bonds. The summed E-state index contributed by atoms with van der Waals surface area (Å²) in [5, 5.41) is 9.69. The molecule has 1 aliphatic rings. The molecule has 8 nitrogen and oxygen atoms in total. The molecule has 0 aliphatic carbocycles. The maximum atomic E-state index is 12.5. The van der Waals surface area contributed by atoms with E-state index in [1.54, 1.807) is 36.5 Å². The molecule has 1 atom stereocenters. The smallest absolute Gasteiger partial charge is 0.253 e. The summed E-state index contributed by atoms with van der Waals surface area (Å²) in [7, 11) is -3.37. The number of amides is 1. The van der Waals surface area contributed by atoms with E-state index in [2.05, 4.69) is 20.5 Å². The number of benzene rings is 1. The summed E-state index contributed by atoms with van der Waals surface area (Å²) in [6, 6.07) is 8.28. The number of fused-ring (bicyclic) bond motifs is 1. The van der Waals surface area contributed by atoms with Crippen LogP contribution in [0.2, 0.25) is 0 Å². The van der Waals surface area contributed by atoms with Crippen molar-refractivity contribution in [2.45, 2.75) is 23.1 Å². The van der Waals surface area contributed by atoms with E-state index < -0.39 is 15.1 Å². The molecular formula is C18H18N4O4S. The van der Waals surface area contributed by atoms with Gasteiger partial charge in [0.15, 0.2) is 15.5 Å². The minimum atomic E-state index is -3.37. The second-order valence-corrected chi connectivity index (χ2v) is 8.62. The van der Waals surface area contributed by atoms with Crippen LogP contribution in [-0.4, -0.2) is 48.0 Å². The van der Waals surface area contributed by atoms with Crippen molar-refractivity contribution in [1.29, 1.82) is 0 Å². The van der Waals surface area contributed by atoms with Gasteiger partial charge in [-0.15, -0.1) is 0 Å². The Morgan fingerprint density at radius 1 is 1.26 bits per heavy atom. The van der Waals surface area contributed by atoms with Gasteiger partial charge in [-0.05, 0) is 30.2 Å². The summed E-state index contributed by atoms with van der Waals surface area (Å²) in [5.74, 6) is -0.259. The van der Waals surface area contributed by atoms with Gasteiger partial charge in [-0.2, -0.15) is 5.10 Å². The number of nitrogens with one attached hydrogen (secondary N) is 2. The van der Waals surface area contributed by atoms with Crippen LogP contribution in [0.3, 0.4) is 0 Å². The van der Waals surface area contributed by atoms with Gasteiger partial charge in [-0.1, -0.05) is 12.1 Å². The van der Waals surface area contributed by atoms with Crippen LogP contribution in [0.25, 0.3) is 11.0 Å². The van der Waals surface area contributed by atoms with Gasteiger partial charge in [-0.25, -0.2) is 13.4 Å². The molecular weight excluding hydrogens is 368 g/mol. The Kier molecular flexibility index (Phi) is 4.63. The van der Waals surface area contributed by atoms with Gasteiger partial charge in [0.1, 0.15) is 0 Å². The summed E-state index contributed by atoms with van der Waals surface area (Å²) in [5.41, 5.74) is 1.86. The van der Waals surface area contributed by atoms with E-state index in [0.29, 0.717) is 24.2 Å². The first-order valence-electron chi connectivity index (χ1n) is 8.52. The zero-order valence-corrected chi connectivity index (χ0v) is 15.2. The number of H-pyrrole nitrogens is 1. The van der Waals surface area contributed by atoms with Gasteiger partial charge in [0, 0.05) is 24.7 Å². The molecule has 1 aliphatic heterocycles. The zero-order chi connectivity index (χ0) is 18.9. The number of ether oxygens (including phenoxy) is 1. The Bertz CT molecular complexity index is 1070. The molecule has 1 fully saturated rings. The highest BCUT2D eigenvalue weighted by Crippen LogP contribution is 2.22. The quantitative estimate of drug-likeness (QED) is 0.686. The van der Waals surface area contributed by atoms with Crippen molar-refractivity contribution < 1.29 is 17.9 Å². The predicted octanol–water partition coefficient (Wildman–Crippen LogP) is 1.45. The molecule has 1 unspecified atom stereocenters. The fourth-order valence-electron chi connectivity index (χ4n) is 2.99. The van der Waals surface area contributed by atoms with E-state index in [1.165, 1.54) is 6.20 Å². The highest BCUT2D eigenvalue weighted by Gasteiger charge is 2.30. The van der Waals surface area contributed by atoms with Crippen LogP contribution in [0.15, 0.2) is 47.6 Å². The number of pyridine rings is 1. The largest absolute Gasteiger partial charge is 0.380 e. The van der Waals surface area contributed by atoms with Gasteiger partial charge in [-0.3, -0.25) is 9.89 Å². The van der Waals surface area contributed by atoms with Crippen molar-refractivity contribution in [3.63, 3.8) is 0 Å². The number of hydrogen-bond donors (Lipinski definition) is 2. The molecule has 3 aromatic rings. The maximum Gasteiger partial charge on any atom is 0.253 e. The van der Waals surface area contributed by atoms with Gasteiger partial charge in [0.05, 0.1) is 28.5 Å². The molecule has 0 radical (unpaired) electrons. The second-order valence-electron chi connectivity index (χ2n) is 6.39. The normalized spacial score (nSPS) is 17.3. The topological polar surface area (TPSA) is 114 Å². The van der Waals surface area contributed by atoms with Crippen LogP contribution in [0.4, 0.5) is 0 Å². The summed E-state index contributed by atoms with van der Waals surface area (Å²) in [6.07, 6.45) is 3.61. The first-order chi connectivity index (χ1) is 13.0. The van der Waals surface area contributed by atoms with E-state index in [0.717, 1.165) is 10.9 Å². The fourth-order valence-corrected chi connectivity index (χ4v) is 4.57. The molecule has 4 rings (SSSR count). The number of nitrogens with zero attached hydrogens (tertiary/aromatic N) is 2. The maximum absolute atomic E-state index is 12.5. The third-order valence-corrected chi connectivity index (χ3v) is 6.76. The molecule has 1 saturated heterocycles. The number of aromatic amines is 1. The predicted molar refractivity (Wildman–Crippen MR) is 97.9 cm³/mol. The number of carbonyl (C=O) groups excluding carboxylic acids is 1. The summed E-state index contributed by atoms with van der Waals surface area (Å²) in [6.45, 7) is 1.01. The van der Waals surface area contributed by atoms with E-state index in [1.807, 2.05) is 0 Å². The third-order valence-electron chi connectivity index (χ3n) is 4.59. The average molecular weight is 386 g/mol. The molecule has 2 aromatic heterocycles. The summed E-state index contributed by atoms with van der Waals surface area (Å²) in [4.78, 5) is 16.7. The molecule has 27 heavy (non-hydrogen) atoms. The SMILES string of the molecule is O=C(NCc1ccc(S(=O)(=O)C2CCOC2)cc1)c1cnc2[nH]ncc2c1. The van der Waals surface area contributed by atoms with Crippen LogP contribution < -0.4 is 5.32 Å². The molecule has 9 heteroatoms. The van der Waals surface area contributed by atoms with Crippen LogP contribution in [0, 0.1) is 0 Å². The number of carbonyl (C=O) groups is 1. The van der Waals surface area contributed by atoms with Crippen LogP contribution in [0.5, 0.6) is 0 Å². The fraction of sp³-hybridized carbons (Fsp3) is 0.278. The highest BCUT2D eigenvalue weighted by atomic mass is 32.2. The van der Waals surface area contributed by atoms with Gasteiger partial charge in [0.25, 0.3) is 5.91 Å². The Morgan fingerprint density at radius 2 is 2.07 bits per heavy atom. The lowest BCUT2D eigenvalue weighted by molar-refractivity contribution is 0.0950. The monoisotopic (exact) mass is 386 g/mol. The Morgan fingerprint density at radius 3 is 2.81 bits per heavy atom. The van der Waals surface area contributed by atoms with Crippen molar-refractivity contribution in [3.8, 4) is 0 Å². The Balaban J connectivity index is 1.41. The zero-order valence-electron chi connectivity index (χ0n) is 14.4. The number of sulfone groups is 1. The van der Waals surface area contributed by atoms with Crippen molar-refractivity contribution in [2.24, 2.45) is 0 Å². The molecule has 140 valence electrons. The Hall–Kier alpha value is -2.78. The molecule has 0 spiro atoms. The van der Waals surface area contributed by atoms with Crippen molar-refractivity contribution >= 4 is 26.8 Å². The van der Waals surface area contributed by atoms with Crippen LogP contribution in [-0.2, 0) is 21.1 Å².